The molecule has 0 atom stereocenters. The summed E-state index contributed by atoms with van der Waals surface area (Å²) in [5.74, 6) is 4.52. The van der Waals surface area contributed by atoms with E-state index in [2.05, 4.69) is 24.3 Å². The smallest absolute Gasteiger partial charge is 0.253 e. The predicted molar refractivity (Wildman–Crippen MR) is 111 cm³/mol. The minimum Gasteiger partial charge on any atom is -0.457 e. The maximum Gasteiger partial charge on any atom is 0.253 e. The highest BCUT2D eigenvalue weighted by Crippen LogP contribution is 2.60. The summed E-state index contributed by atoms with van der Waals surface area (Å²) < 4.78 is 6.02. The minimum atomic E-state index is 0.00600. The van der Waals surface area contributed by atoms with Crippen molar-refractivity contribution in [3.8, 4) is 11.5 Å². The van der Waals surface area contributed by atoms with Crippen molar-refractivity contribution >= 4 is 5.91 Å². The molecular formula is C25H29NO2. The van der Waals surface area contributed by atoms with Gasteiger partial charge in [0.25, 0.3) is 5.91 Å². The maximum absolute atomic E-state index is 12.0. The second kappa shape index (κ2) is 6.65. The third-order valence-corrected chi connectivity index (χ3v) is 7.25. The van der Waals surface area contributed by atoms with Crippen LogP contribution in [-0.2, 0) is 5.41 Å². The van der Waals surface area contributed by atoms with Gasteiger partial charge >= 0.3 is 0 Å². The third kappa shape index (κ3) is 3.11. The molecule has 0 heterocycles. The Labute approximate surface area is 167 Å². The van der Waals surface area contributed by atoms with Gasteiger partial charge in [-0.1, -0.05) is 12.1 Å². The summed E-state index contributed by atoms with van der Waals surface area (Å²) in [6.45, 7) is 0. The van der Waals surface area contributed by atoms with E-state index in [1.165, 1.54) is 44.1 Å². The molecule has 0 radical (unpaired) electrons. The minimum absolute atomic E-state index is 0.00600. The van der Waals surface area contributed by atoms with Crippen LogP contribution in [0.3, 0.4) is 0 Å². The van der Waals surface area contributed by atoms with Crippen molar-refractivity contribution in [2.45, 2.75) is 43.9 Å². The molecular weight excluding hydrogens is 346 g/mol. The number of benzene rings is 2. The highest BCUT2D eigenvalue weighted by Gasteiger charge is 2.51. The van der Waals surface area contributed by atoms with Gasteiger partial charge < -0.3 is 9.64 Å². The standard InChI is InChI=1S/C25H29NO2/c1-26(2)24(27)20-3-7-22(8-4-20)28-23-9-5-21(6-10-23)25-14-17-11-18(15-25)13-19(12-17)16-25/h3-10,17-19H,11-16H2,1-2H3. The topological polar surface area (TPSA) is 29.5 Å². The Kier molecular flexibility index (Phi) is 4.22. The summed E-state index contributed by atoms with van der Waals surface area (Å²) in [4.78, 5) is 13.6. The van der Waals surface area contributed by atoms with E-state index in [9.17, 15) is 4.79 Å². The molecule has 4 aliphatic carbocycles. The first kappa shape index (κ1) is 17.8. The first-order valence-corrected chi connectivity index (χ1v) is 10.6. The number of carbonyl (C=O) groups is 1. The number of ether oxygens (including phenoxy) is 1. The van der Waals surface area contributed by atoms with Gasteiger partial charge in [-0.2, -0.15) is 0 Å². The molecule has 0 aromatic heterocycles. The first-order chi connectivity index (χ1) is 13.5. The van der Waals surface area contributed by atoms with E-state index >= 15 is 0 Å². The normalized spacial score (nSPS) is 30.3. The van der Waals surface area contributed by atoms with Crippen molar-refractivity contribution < 1.29 is 9.53 Å². The van der Waals surface area contributed by atoms with Crippen LogP contribution in [0.2, 0.25) is 0 Å². The average molecular weight is 376 g/mol. The molecule has 6 rings (SSSR count). The third-order valence-electron chi connectivity index (χ3n) is 7.25. The Balaban J connectivity index is 1.30. The van der Waals surface area contributed by atoms with Crippen LogP contribution in [0.1, 0.15) is 54.4 Å². The Morgan fingerprint density at radius 2 is 1.29 bits per heavy atom. The first-order valence-electron chi connectivity index (χ1n) is 10.6. The lowest BCUT2D eigenvalue weighted by atomic mass is 9.48. The Bertz CT molecular complexity index is 831. The number of hydrogen-bond acceptors (Lipinski definition) is 2. The van der Waals surface area contributed by atoms with Gasteiger partial charge in [0.05, 0.1) is 0 Å². The van der Waals surface area contributed by atoms with Crippen molar-refractivity contribution in [3.63, 3.8) is 0 Å². The average Bonchev–Trinajstić information content (AvgIpc) is 2.67. The summed E-state index contributed by atoms with van der Waals surface area (Å²) in [5, 5.41) is 0. The molecule has 0 aliphatic heterocycles. The lowest BCUT2D eigenvalue weighted by Gasteiger charge is -2.57. The number of nitrogens with zero attached hydrogens (tertiary/aromatic N) is 1. The van der Waals surface area contributed by atoms with E-state index in [-0.39, 0.29) is 5.91 Å². The van der Waals surface area contributed by atoms with Crippen molar-refractivity contribution in [3.05, 3.63) is 59.7 Å². The Hall–Kier alpha value is -2.29. The van der Waals surface area contributed by atoms with Gasteiger partial charge in [0, 0.05) is 19.7 Å². The summed E-state index contributed by atoms with van der Waals surface area (Å²) in [7, 11) is 3.52. The van der Waals surface area contributed by atoms with Gasteiger partial charge in [-0.15, -0.1) is 0 Å². The van der Waals surface area contributed by atoms with E-state index in [0.717, 1.165) is 29.3 Å². The highest BCUT2D eigenvalue weighted by atomic mass is 16.5. The van der Waals surface area contributed by atoms with Crippen LogP contribution < -0.4 is 4.74 Å². The van der Waals surface area contributed by atoms with Crippen molar-refractivity contribution in [2.24, 2.45) is 17.8 Å². The molecule has 4 saturated carbocycles. The number of hydrogen-bond donors (Lipinski definition) is 0. The van der Waals surface area contributed by atoms with Gasteiger partial charge in [-0.25, -0.2) is 0 Å². The molecule has 146 valence electrons. The Morgan fingerprint density at radius 3 is 1.75 bits per heavy atom. The summed E-state index contributed by atoms with van der Waals surface area (Å²) in [5.41, 5.74) is 2.63. The fraction of sp³-hybridized carbons (Fsp3) is 0.480. The monoisotopic (exact) mass is 375 g/mol. The van der Waals surface area contributed by atoms with Crippen LogP contribution in [0.25, 0.3) is 0 Å². The summed E-state index contributed by atoms with van der Waals surface area (Å²) in [6, 6.07) is 16.2. The van der Waals surface area contributed by atoms with Crippen LogP contribution >= 0.6 is 0 Å². The number of carbonyl (C=O) groups excluding carboxylic acids is 1. The molecule has 4 fully saturated rings. The van der Waals surface area contributed by atoms with Gasteiger partial charge in [-0.3, -0.25) is 4.79 Å². The van der Waals surface area contributed by atoms with E-state index in [4.69, 9.17) is 4.74 Å². The lowest BCUT2D eigenvalue weighted by molar-refractivity contribution is -0.00520. The quantitative estimate of drug-likeness (QED) is 0.691. The van der Waals surface area contributed by atoms with Crippen molar-refractivity contribution in [1.29, 1.82) is 0 Å². The van der Waals surface area contributed by atoms with E-state index in [0.29, 0.717) is 11.0 Å². The molecule has 28 heavy (non-hydrogen) atoms. The van der Waals surface area contributed by atoms with E-state index < -0.39 is 0 Å². The summed E-state index contributed by atoms with van der Waals surface area (Å²) in [6.07, 6.45) is 8.61. The van der Waals surface area contributed by atoms with Crippen LogP contribution in [0, 0.1) is 17.8 Å². The number of rotatable bonds is 4. The van der Waals surface area contributed by atoms with Crippen LogP contribution in [0.5, 0.6) is 11.5 Å². The van der Waals surface area contributed by atoms with Crippen molar-refractivity contribution in [1.82, 2.24) is 4.90 Å². The molecule has 3 heteroatoms. The largest absolute Gasteiger partial charge is 0.457 e. The molecule has 0 spiro atoms. The maximum atomic E-state index is 12.0. The molecule has 4 bridgehead atoms. The molecule has 1 amide bonds. The lowest BCUT2D eigenvalue weighted by Crippen LogP contribution is -2.48. The second-order valence-corrected chi connectivity index (χ2v) is 9.55. The van der Waals surface area contributed by atoms with E-state index in [1.807, 2.05) is 24.3 Å². The predicted octanol–water partition coefficient (Wildman–Crippen LogP) is 5.65. The van der Waals surface area contributed by atoms with Crippen LogP contribution in [0.15, 0.2) is 48.5 Å². The molecule has 0 saturated heterocycles. The molecule has 2 aromatic rings. The Morgan fingerprint density at radius 1 is 0.821 bits per heavy atom. The molecule has 0 N–H and O–H groups in total. The highest BCUT2D eigenvalue weighted by molar-refractivity contribution is 5.93. The zero-order valence-corrected chi connectivity index (χ0v) is 16.9. The summed E-state index contributed by atoms with van der Waals surface area (Å²) >= 11 is 0. The van der Waals surface area contributed by atoms with E-state index in [1.54, 1.807) is 19.0 Å². The fourth-order valence-corrected chi connectivity index (χ4v) is 6.40. The zero-order valence-electron chi connectivity index (χ0n) is 16.9. The second-order valence-electron chi connectivity index (χ2n) is 9.55. The molecule has 2 aromatic carbocycles. The number of amides is 1. The van der Waals surface area contributed by atoms with Crippen LogP contribution in [-0.4, -0.2) is 24.9 Å². The van der Waals surface area contributed by atoms with Gasteiger partial charge in [0.1, 0.15) is 11.5 Å². The van der Waals surface area contributed by atoms with Gasteiger partial charge in [0.2, 0.25) is 0 Å². The van der Waals surface area contributed by atoms with Crippen LogP contribution in [0.4, 0.5) is 0 Å². The SMILES string of the molecule is CN(C)C(=O)c1ccc(Oc2ccc(C34CC5CC(CC(C5)C3)C4)cc2)cc1. The zero-order chi connectivity index (χ0) is 19.3. The fourth-order valence-electron chi connectivity index (χ4n) is 6.40. The van der Waals surface area contributed by atoms with Gasteiger partial charge in [-0.05, 0) is 104 Å². The van der Waals surface area contributed by atoms with Crippen molar-refractivity contribution in [2.75, 3.05) is 14.1 Å². The molecule has 0 unspecified atom stereocenters. The van der Waals surface area contributed by atoms with Gasteiger partial charge in [0.15, 0.2) is 0 Å². The molecule has 3 nitrogen and oxygen atoms in total. The molecule has 4 aliphatic rings.